The smallest absolute Gasteiger partial charge is 0.256 e. The van der Waals surface area contributed by atoms with Crippen LogP contribution in [-0.2, 0) is 9.53 Å². The Morgan fingerprint density at radius 1 is 1.41 bits per heavy atom. The van der Waals surface area contributed by atoms with Crippen molar-refractivity contribution in [3.8, 4) is 0 Å². The van der Waals surface area contributed by atoms with Gasteiger partial charge in [0, 0.05) is 24.1 Å². The zero-order chi connectivity index (χ0) is 16.1. The van der Waals surface area contributed by atoms with E-state index in [1.165, 1.54) is 0 Å². The van der Waals surface area contributed by atoms with E-state index >= 15 is 0 Å². The third-order valence-electron chi connectivity index (χ3n) is 4.57. The van der Waals surface area contributed by atoms with E-state index in [0.29, 0.717) is 28.5 Å². The van der Waals surface area contributed by atoms with Gasteiger partial charge in [-0.1, -0.05) is 23.2 Å². The highest BCUT2D eigenvalue weighted by atomic mass is 35.5. The lowest BCUT2D eigenvalue weighted by molar-refractivity contribution is -0.116. The number of aliphatic hydroxyl groups excluding tert-OH is 1. The highest BCUT2D eigenvalue weighted by Crippen LogP contribution is 2.45. The number of aryl methyl sites for hydroxylation is 1. The molecule has 1 amide bonds. The summed E-state index contributed by atoms with van der Waals surface area (Å²) in [5.41, 5.74) is 0.810. The molecule has 1 spiro atoms. The summed E-state index contributed by atoms with van der Waals surface area (Å²) in [7, 11) is 1.64. The van der Waals surface area contributed by atoms with Crippen LogP contribution < -0.4 is 5.32 Å². The van der Waals surface area contributed by atoms with Gasteiger partial charge in [-0.15, -0.1) is 0 Å². The molecule has 2 N–H and O–H groups in total. The molecule has 1 saturated carbocycles. The lowest BCUT2D eigenvalue weighted by atomic mass is 9.92. The van der Waals surface area contributed by atoms with Crippen LogP contribution in [0.3, 0.4) is 0 Å². The molecule has 4 nitrogen and oxygen atoms in total. The highest BCUT2D eigenvalue weighted by Gasteiger charge is 2.51. The Morgan fingerprint density at radius 3 is 2.73 bits per heavy atom. The van der Waals surface area contributed by atoms with Crippen LogP contribution in [0.25, 0.3) is 5.57 Å². The molecule has 0 aromatic heterocycles. The number of hydrogen-bond acceptors (Lipinski definition) is 3. The fourth-order valence-corrected chi connectivity index (χ4v) is 4.16. The highest BCUT2D eigenvalue weighted by molar-refractivity contribution is 6.38. The SMILES string of the molecule is COC1CCC2(C1)NC(=O)C(c1c(C)cc(Cl)cc1Cl)=C2O. The molecule has 1 heterocycles. The Balaban J connectivity index is 2.11. The van der Waals surface area contributed by atoms with E-state index in [1.54, 1.807) is 19.2 Å². The van der Waals surface area contributed by atoms with Gasteiger partial charge in [0.2, 0.25) is 0 Å². The summed E-state index contributed by atoms with van der Waals surface area (Å²) >= 11 is 12.2. The number of halogens is 2. The second-order valence-electron chi connectivity index (χ2n) is 5.94. The number of aliphatic hydroxyl groups is 1. The van der Waals surface area contributed by atoms with Gasteiger partial charge < -0.3 is 15.2 Å². The van der Waals surface area contributed by atoms with Crippen LogP contribution in [0.4, 0.5) is 0 Å². The minimum absolute atomic E-state index is 0.0311. The van der Waals surface area contributed by atoms with Crippen molar-refractivity contribution in [1.82, 2.24) is 5.32 Å². The number of benzene rings is 1. The van der Waals surface area contributed by atoms with Gasteiger partial charge in [0.05, 0.1) is 16.7 Å². The molecular weight excluding hydrogens is 325 g/mol. The molecule has 2 aliphatic rings. The van der Waals surface area contributed by atoms with Gasteiger partial charge in [0.25, 0.3) is 5.91 Å². The molecule has 3 rings (SSSR count). The minimum Gasteiger partial charge on any atom is -0.509 e. The molecular formula is C16H17Cl2NO3. The van der Waals surface area contributed by atoms with Crippen LogP contribution in [0.5, 0.6) is 0 Å². The molecule has 0 radical (unpaired) electrons. The summed E-state index contributed by atoms with van der Waals surface area (Å²) in [6.45, 7) is 1.82. The number of carbonyl (C=O) groups is 1. The molecule has 2 atom stereocenters. The largest absolute Gasteiger partial charge is 0.509 e. The van der Waals surface area contributed by atoms with Crippen molar-refractivity contribution in [3.05, 3.63) is 39.1 Å². The normalized spacial score (nSPS) is 27.8. The molecule has 0 saturated heterocycles. The summed E-state index contributed by atoms with van der Waals surface area (Å²) in [5.74, 6) is -0.244. The fraction of sp³-hybridized carbons (Fsp3) is 0.438. The topological polar surface area (TPSA) is 58.6 Å². The van der Waals surface area contributed by atoms with E-state index in [-0.39, 0.29) is 23.3 Å². The number of carbonyl (C=O) groups excluding carboxylic acids is 1. The third-order valence-corrected chi connectivity index (χ3v) is 5.09. The maximum Gasteiger partial charge on any atom is 0.256 e. The Morgan fingerprint density at radius 2 is 2.14 bits per heavy atom. The molecule has 1 aromatic carbocycles. The van der Waals surface area contributed by atoms with Gasteiger partial charge >= 0.3 is 0 Å². The summed E-state index contributed by atoms with van der Waals surface area (Å²) in [5, 5.41) is 14.5. The van der Waals surface area contributed by atoms with Gasteiger partial charge in [-0.25, -0.2) is 0 Å². The van der Waals surface area contributed by atoms with Crippen LogP contribution in [0.15, 0.2) is 17.9 Å². The number of rotatable bonds is 2. The van der Waals surface area contributed by atoms with E-state index in [1.807, 2.05) is 6.92 Å². The van der Waals surface area contributed by atoms with Gasteiger partial charge in [0.15, 0.2) is 0 Å². The predicted octanol–water partition coefficient (Wildman–Crippen LogP) is 3.64. The van der Waals surface area contributed by atoms with Crippen molar-refractivity contribution >= 4 is 34.7 Å². The van der Waals surface area contributed by atoms with E-state index in [9.17, 15) is 9.90 Å². The van der Waals surface area contributed by atoms with Gasteiger partial charge in [-0.05, 0) is 37.5 Å². The zero-order valence-electron chi connectivity index (χ0n) is 12.4. The predicted molar refractivity (Wildman–Crippen MR) is 86.3 cm³/mol. The van der Waals surface area contributed by atoms with Crippen molar-refractivity contribution in [3.63, 3.8) is 0 Å². The molecule has 1 fully saturated rings. The van der Waals surface area contributed by atoms with Crippen LogP contribution in [-0.4, -0.2) is 29.8 Å². The second kappa shape index (κ2) is 5.44. The van der Waals surface area contributed by atoms with Crippen LogP contribution in [0, 0.1) is 6.92 Å². The van der Waals surface area contributed by atoms with Gasteiger partial charge in [-0.2, -0.15) is 0 Å². The Hall–Kier alpha value is -1.23. The van der Waals surface area contributed by atoms with E-state index in [0.717, 1.165) is 12.0 Å². The Kier molecular flexibility index (Phi) is 3.87. The average molecular weight is 342 g/mol. The zero-order valence-corrected chi connectivity index (χ0v) is 13.9. The Labute approximate surface area is 139 Å². The number of ether oxygens (including phenoxy) is 1. The second-order valence-corrected chi connectivity index (χ2v) is 6.78. The first kappa shape index (κ1) is 15.7. The lowest BCUT2D eigenvalue weighted by Gasteiger charge is -2.23. The first-order valence-electron chi connectivity index (χ1n) is 7.13. The maximum absolute atomic E-state index is 12.5. The lowest BCUT2D eigenvalue weighted by Crippen LogP contribution is -2.42. The van der Waals surface area contributed by atoms with E-state index in [4.69, 9.17) is 27.9 Å². The first-order chi connectivity index (χ1) is 10.4. The maximum atomic E-state index is 12.5. The summed E-state index contributed by atoms with van der Waals surface area (Å²) < 4.78 is 5.36. The monoisotopic (exact) mass is 341 g/mol. The third kappa shape index (κ3) is 2.30. The summed E-state index contributed by atoms with van der Waals surface area (Å²) in [6, 6.07) is 3.31. The first-order valence-corrected chi connectivity index (χ1v) is 7.88. The Bertz CT molecular complexity index is 663. The number of methoxy groups -OCH3 is 1. The van der Waals surface area contributed by atoms with Gasteiger partial charge in [0.1, 0.15) is 11.3 Å². The van der Waals surface area contributed by atoms with Crippen molar-refractivity contribution < 1.29 is 14.6 Å². The average Bonchev–Trinajstić information content (AvgIpc) is 2.95. The number of hydrogen-bond donors (Lipinski definition) is 2. The number of amides is 1. The standard InChI is InChI=1S/C16H17Cl2NO3/c1-8-5-9(17)6-11(18)12(8)13-14(20)16(19-15(13)21)4-3-10(7-16)22-2/h5-6,10,20H,3-4,7H2,1-2H3,(H,19,21). The van der Waals surface area contributed by atoms with E-state index in [2.05, 4.69) is 5.32 Å². The molecule has 118 valence electrons. The molecule has 1 aromatic rings. The molecule has 22 heavy (non-hydrogen) atoms. The molecule has 1 aliphatic carbocycles. The van der Waals surface area contributed by atoms with Crippen LogP contribution in [0.1, 0.15) is 30.4 Å². The summed E-state index contributed by atoms with van der Waals surface area (Å²) in [4.78, 5) is 12.5. The number of nitrogens with one attached hydrogen (secondary N) is 1. The van der Waals surface area contributed by atoms with Crippen molar-refractivity contribution in [2.24, 2.45) is 0 Å². The van der Waals surface area contributed by atoms with Crippen molar-refractivity contribution in [2.45, 2.75) is 37.8 Å². The van der Waals surface area contributed by atoms with Crippen LogP contribution in [0.2, 0.25) is 10.0 Å². The van der Waals surface area contributed by atoms with Crippen molar-refractivity contribution in [1.29, 1.82) is 0 Å². The van der Waals surface area contributed by atoms with Crippen molar-refractivity contribution in [2.75, 3.05) is 7.11 Å². The van der Waals surface area contributed by atoms with Gasteiger partial charge in [-0.3, -0.25) is 4.79 Å². The van der Waals surface area contributed by atoms with E-state index < -0.39 is 5.54 Å². The molecule has 6 heteroatoms. The fourth-order valence-electron chi connectivity index (χ4n) is 3.47. The molecule has 0 bridgehead atoms. The minimum atomic E-state index is -0.734. The van der Waals surface area contributed by atoms with Crippen LogP contribution >= 0.6 is 23.2 Å². The molecule has 1 aliphatic heterocycles. The molecule has 2 unspecified atom stereocenters. The summed E-state index contributed by atoms with van der Waals surface area (Å²) in [6.07, 6.45) is 2.04. The quantitative estimate of drug-likeness (QED) is 0.863.